The molecule has 0 saturated heterocycles. The van der Waals surface area contributed by atoms with Crippen LogP contribution < -0.4 is 47.9 Å². The second kappa shape index (κ2) is 29.1. The Hall–Kier alpha value is -7.03. The molecule has 2 rings (SSSR count). The highest BCUT2D eigenvalue weighted by atomic mass is 16.4. The minimum atomic E-state index is -1.82. The second-order valence-electron chi connectivity index (χ2n) is 16.9. The van der Waals surface area contributed by atoms with Crippen molar-refractivity contribution in [1.29, 1.82) is 0 Å². The summed E-state index contributed by atoms with van der Waals surface area (Å²) in [5.74, 6) is -11.5. The molecule has 0 unspecified atom stereocenters. The number of imidazole rings is 1. The maximum atomic E-state index is 14.1. The number of carbonyl (C=O) groups is 10. The Kier molecular flexibility index (Phi) is 24.6. The van der Waals surface area contributed by atoms with E-state index in [1.165, 1.54) is 20.2 Å². The van der Waals surface area contributed by atoms with Crippen molar-refractivity contribution in [2.75, 3.05) is 13.2 Å². The van der Waals surface area contributed by atoms with Crippen molar-refractivity contribution in [3.05, 3.63) is 54.1 Å². The zero-order chi connectivity index (χ0) is 52.8. The van der Waals surface area contributed by atoms with E-state index in [4.69, 9.17) is 5.11 Å². The molecule has 11 atom stereocenters. The standard InChI is InChI=1S/C44H67N11O15/c1-8-22(4)34(54-37(62)24(6)49-39(64)30(16-33(59)60)50-36(61)23(5)48-38(63)29(47-21(2)3)15-27-17-45-20-46-27)42(67)51-28(14-26-12-10-9-11-13-26)40(65)55-35(25(7)58)43(68)52-31(18-56)41(66)53-32(19-57)44(69)70/h9-13,17,20-25,28-32,34-35,47,56-58H,8,14-16,18-19H2,1-7H3,(H,45,46)(H,48,63)(H,49,64)(H,50,61)(H,51,67)(H,52,68)(H,53,66)(H,54,62)(H,55,65)(H,59,60)(H,69,70)/t22-,23-,24-,25+,28-,29-,30-,31-,32-,34-,35-/m0/s1. The van der Waals surface area contributed by atoms with Crippen molar-refractivity contribution in [1.82, 2.24) is 57.8 Å². The van der Waals surface area contributed by atoms with E-state index in [0.717, 1.165) is 6.92 Å². The predicted octanol–water partition coefficient (Wildman–Crippen LogP) is -4.55. The average molecular weight is 990 g/mol. The second-order valence-corrected chi connectivity index (χ2v) is 16.9. The first kappa shape index (κ1) is 59.1. The summed E-state index contributed by atoms with van der Waals surface area (Å²) >= 11 is 0. The number of rotatable bonds is 30. The molecule has 0 radical (unpaired) electrons. The Morgan fingerprint density at radius 1 is 0.571 bits per heavy atom. The van der Waals surface area contributed by atoms with Gasteiger partial charge < -0.3 is 78.4 Å². The number of hydrogen-bond acceptors (Lipinski definition) is 15. The van der Waals surface area contributed by atoms with E-state index in [0.29, 0.717) is 17.7 Å². The van der Waals surface area contributed by atoms with Crippen LogP contribution in [0.15, 0.2) is 42.9 Å². The van der Waals surface area contributed by atoms with Crippen LogP contribution in [0.4, 0.5) is 0 Å². The van der Waals surface area contributed by atoms with Gasteiger partial charge in [-0.05, 0) is 32.3 Å². The van der Waals surface area contributed by atoms with Crippen LogP contribution in [0.3, 0.4) is 0 Å². The summed E-state index contributed by atoms with van der Waals surface area (Å²) in [6.07, 6.45) is 0.754. The number of aromatic amines is 1. The molecular weight excluding hydrogens is 923 g/mol. The van der Waals surface area contributed by atoms with Crippen LogP contribution in [0.2, 0.25) is 0 Å². The van der Waals surface area contributed by atoms with Crippen molar-refractivity contribution >= 4 is 59.2 Å². The van der Waals surface area contributed by atoms with Crippen LogP contribution in [-0.2, 0) is 60.8 Å². The number of aliphatic hydroxyl groups is 3. The molecule has 1 aromatic carbocycles. The topological polar surface area (TPSA) is 409 Å². The minimum absolute atomic E-state index is 0.132. The third kappa shape index (κ3) is 19.5. The Bertz CT molecular complexity index is 2090. The highest BCUT2D eigenvalue weighted by molar-refractivity contribution is 5.98. The molecule has 26 heteroatoms. The van der Waals surface area contributed by atoms with E-state index in [1.807, 2.05) is 19.2 Å². The third-order valence-corrected chi connectivity index (χ3v) is 10.7. The van der Waals surface area contributed by atoms with Crippen molar-refractivity contribution < 1.29 is 73.5 Å². The summed E-state index contributed by atoms with van der Waals surface area (Å²) in [7, 11) is 0. The molecule has 0 aliphatic carbocycles. The smallest absolute Gasteiger partial charge is 0.328 e. The number of aromatic nitrogens is 2. The van der Waals surface area contributed by atoms with Crippen LogP contribution >= 0.6 is 0 Å². The molecule has 0 fully saturated rings. The number of aliphatic carboxylic acids is 2. The van der Waals surface area contributed by atoms with Crippen LogP contribution in [0.1, 0.15) is 72.6 Å². The fraction of sp³-hybridized carbons (Fsp3) is 0.568. The molecule has 8 amide bonds. The lowest BCUT2D eigenvalue weighted by molar-refractivity contribution is -0.144. The summed E-state index contributed by atoms with van der Waals surface area (Å²) in [5, 5.41) is 70.1. The summed E-state index contributed by atoms with van der Waals surface area (Å²) in [6.45, 7) is 8.56. The van der Waals surface area contributed by atoms with Gasteiger partial charge in [0, 0.05) is 25.1 Å². The third-order valence-electron chi connectivity index (χ3n) is 10.7. The van der Waals surface area contributed by atoms with Gasteiger partial charge in [-0.15, -0.1) is 0 Å². The largest absolute Gasteiger partial charge is 0.481 e. The zero-order valence-electron chi connectivity index (χ0n) is 40.0. The van der Waals surface area contributed by atoms with Crippen LogP contribution in [0.5, 0.6) is 0 Å². The van der Waals surface area contributed by atoms with Gasteiger partial charge in [0.05, 0.1) is 43.8 Å². The monoisotopic (exact) mass is 989 g/mol. The van der Waals surface area contributed by atoms with Crippen LogP contribution in [0, 0.1) is 5.92 Å². The summed E-state index contributed by atoms with van der Waals surface area (Å²) < 4.78 is 0. The molecule has 1 heterocycles. The van der Waals surface area contributed by atoms with E-state index >= 15 is 0 Å². The number of H-pyrrole nitrogens is 1. The normalized spacial score (nSPS) is 15.9. The molecule has 0 spiro atoms. The fourth-order valence-electron chi connectivity index (χ4n) is 6.55. The Morgan fingerprint density at radius 3 is 1.56 bits per heavy atom. The first-order valence-electron chi connectivity index (χ1n) is 22.5. The Morgan fingerprint density at radius 2 is 1.06 bits per heavy atom. The van der Waals surface area contributed by atoms with Crippen molar-refractivity contribution in [2.45, 2.75) is 141 Å². The maximum absolute atomic E-state index is 14.1. The molecule has 0 saturated carbocycles. The minimum Gasteiger partial charge on any atom is -0.481 e. The van der Waals surface area contributed by atoms with Gasteiger partial charge in [-0.3, -0.25) is 43.2 Å². The van der Waals surface area contributed by atoms with Crippen molar-refractivity contribution in [2.24, 2.45) is 5.92 Å². The molecule has 26 nitrogen and oxygen atoms in total. The van der Waals surface area contributed by atoms with Gasteiger partial charge in [0.25, 0.3) is 0 Å². The van der Waals surface area contributed by atoms with Crippen molar-refractivity contribution in [3.8, 4) is 0 Å². The number of carboxylic acid groups (broad SMARTS) is 2. The molecule has 0 bridgehead atoms. The van der Waals surface area contributed by atoms with E-state index in [9.17, 15) is 68.4 Å². The zero-order valence-corrected chi connectivity index (χ0v) is 40.0. The Balaban J connectivity index is 2.26. The van der Waals surface area contributed by atoms with Crippen LogP contribution in [0.25, 0.3) is 0 Å². The van der Waals surface area contributed by atoms with Gasteiger partial charge in [-0.25, -0.2) is 9.78 Å². The molecule has 2 aromatic rings. The van der Waals surface area contributed by atoms with Gasteiger partial charge in [-0.2, -0.15) is 0 Å². The van der Waals surface area contributed by atoms with Gasteiger partial charge in [0.2, 0.25) is 47.3 Å². The lowest BCUT2D eigenvalue weighted by Crippen LogP contribution is -2.62. The number of carboxylic acids is 2. The van der Waals surface area contributed by atoms with E-state index in [2.05, 4.69) is 52.5 Å². The Labute approximate surface area is 403 Å². The van der Waals surface area contributed by atoms with E-state index < -0.39 is 145 Å². The summed E-state index contributed by atoms with van der Waals surface area (Å²) in [6, 6.07) is -5.37. The molecule has 1 aromatic heterocycles. The quantitative estimate of drug-likeness (QED) is 0.0350. The van der Waals surface area contributed by atoms with Gasteiger partial charge in [0.15, 0.2) is 0 Å². The molecular formula is C44H67N11O15. The van der Waals surface area contributed by atoms with Gasteiger partial charge in [0.1, 0.15) is 48.3 Å². The molecule has 70 heavy (non-hydrogen) atoms. The lowest BCUT2D eigenvalue weighted by Gasteiger charge is -2.29. The number of benzene rings is 1. The average Bonchev–Trinajstić information content (AvgIpc) is 3.82. The van der Waals surface area contributed by atoms with E-state index in [-0.39, 0.29) is 18.9 Å². The first-order valence-corrected chi connectivity index (χ1v) is 22.5. The van der Waals surface area contributed by atoms with Gasteiger partial charge >= 0.3 is 11.9 Å². The lowest BCUT2D eigenvalue weighted by atomic mass is 9.96. The number of aliphatic hydroxyl groups excluding tert-OH is 3. The number of hydrogen-bond donors (Lipinski definition) is 15. The number of amides is 8. The number of nitrogens with one attached hydrogen (secondary N) is 10. The SMILES string of the molecule is CC[C@H](C)[C@H](NC(=O)[C@H](C)NC(=O)[C@H](CC(=O)O)NC(=O)[C@H](C)NC(=O)[C@H](Cc1c[nH]cn1)NC(C)C)C(=O)N[C@@H](Cc1ccccc1)C(=O)N[C@H](C(=O)N[C@@H](CO)C(=O)N[C@@H](CO)C(=O)O)[C@@H](C)O. The molecule has 0 aliphatic rings. The van der Waals surface area contributed by atoms with Crippen molar-refractivity contribution in [3.63, 3.8) is 0 Å². The fourth-order valence-corrected chi connectivity index (χ4v) is 6.55. The maximum Gasteiger partial charge on any atom is 0.328 e. The number of nitrogens with zero attached hydrogens (tertiary/aromatic N) is 1. The number of carbonyl (C=O) groups excluding carboxylic acids is 8. The van der Waals surface area contributed by atoms with Crippen LogP contribution in [-0.4, -0.2) is 174 Å². The van der Waals surface area contributed by atoms with Gasteiger partial charge in [-0.1, -0.05) is 64.4 Å². The highest BCUT2D eigenvalue weighted by Gasteiger charge is 2.36. The van der Waals surface area contributed by atoms with E-state index in [1.54, 1.807) is 50.4 Å². The molecule has 388 valence electrons. The highest BCUT2D eigenvalue weighted by Crippen LogP contribution is 2.12. The predicted molar refractivity (Wildman–Crippen MR) is 246 cm³/mol. The summed E-state index contributed by atoms with van der Waals surface area (Å²) in [5.41, 5.74) is 1.09. The molecule has 0 aliphatic heterocycles. The first-order chi connectivity index (χ1) is 32.9. The summed E-state index contributed by atoms with van der Waals surface area (Å²) in [4.78, 5) is 137. The molecule has 15 N–H and O–H groups in total.